The minimum absolute atomic E-state index is 0.197. The van der Waals surface area contributed by atoms with Gasteiger partial charge in [0, 0.05) is 31.1 Å². The first kappa shape index (κ1) is 25.9. The van der Waals surface area contributed by atoms with Gasteiger partial charge in [-0.3, -0.25) is 10.3 Å². The van der Waals surface area contributed by atoms with E-state index in [1.54, 1.807) is 6.20 Å². The molecule has 0 radical (unpaired) electrons. The Kier molecular flexibility index (Phi) is 8.48. The average Bonchev–Trinajstić information content (AvgIpc) is 2.67. The summed E-state index contributed by atoms with van der Waals surface area (Å²) in [6.45, 7) is 18.2. The standard InChI is InChI=1S/C25H39N3O3Si/c1-24(2,3)31-23(29)28-21-13-12-19(20-11-9-14-26-18-20)17-22(21)27-15-10-16-30-32(7,8)25(4,5)6/h9,11-14,17-18,27H,10,15-16H2,1-8H3,(H,28,29). The molecule has 7 heteroatoms. The molecule has 2 aromatic rings. The Labute approximate surface area is 194 Å². The van der Waals surface area contributed by atoms with Crippen molar-refractivity contribution >= 4 is 25.8 Å². The Hall–Kier alpha value is -2.38. The lowest BCUT2D eigenvalue weighted by Gasteiger charge is -2.36. The zero-order valence-electron chi connectivity index (χ0n) is 20.8. The molecule has 32 heavy (non-hydrogen) atoms. The number of carbonyl (C=O) groups is 1. The molecule has 0 saturated heterocycles. The van der Waals surface area contributed by atoms with Crippen LogP contribution in [0.4, 0.5) is 16.2 Å². The first-order valence-electron chi connectivity index (χ1n) is 11.2. The fourth-order valence-electron chi connectivity index (χ4n) is 2.77. The molecule has 2 N–H and O–H groups in total. The quantitative estimate of drug-likeness (QED) is 0.332. The maximum absolute atomic E-state index is 12.3. The summed E-state index contributed by atoms with van der Waals surface area (Å²) in [5.41, 5.74) is 2.99. The van der Waals surface area contributed by atoms with E-state index in [4.69, 9.17) is 9.16 Å². The van der Waals surface area contributed by atoms with Crippen molar-refractivity contribution in [1.82, 2.24) is 4.98 Å². The van der Waals surface area contributed by atoms with E-state index < -0.39 is 20.0 Å². The topological polar surface area (TPSA) is 72.5 Å². The van der Waals surface area contributed by atoms with Crippen LogP contribution in [0.15, 0.2) is 42.7 Å². The highest BCUT2D eigenvalue weighted by Crippen LogP contribution is 2.36. The highest BCUT2D eigenvalue weighted by Gasteiger charge is 2.36. The van der Waals surface area contributed by atoms with Crippen LogP contribution in [0.25, 0.3) is 11.1 Å². The number of nitrogens with zero attached hydrogens (tertiary/aromatic N) is 1. The van der Waals surface area contributed by atoms with Gasteiger partial charge >= 0.3 is 6.09 Å². The number of pyridine rings is 1. The molecule has 0 aliphatic rings. The Morgan fingerprint density at radius 1 is 1.03 bits per heavy atom. The van der Waals surface area contributed by atoms with Gasteiger partial charge in [0.1, 0.15) is 5.60 Å². The largest absolute Gasteiger partial charge is 0.444 e. The maximum Gasteiger partial charge on any atom is 0.412 e. The van der Waals surface area contributed by atoms with Crippen LogP contribution < -0.4 is 10.6 Å². The summed E-state index contributed by atoms with van der Waals surface area (Å²) in [5, 5.41) is 6.53. The van der Waals surface area contributed by atoms with Crippen LogP contribution in [0, 0.1) is 0 Å². The molecular formula is C25H39N3O3Si. The zero-order chi connectivity index (χ0) is 24.0. The summed E-state index contributed by atoms with van der Waals surface area (Å²) in [5.74, 6) is 0. The molecule has 0 spiro atoms. The third-order valence-electron chi connectivity index (χ3n) is 5.56. The Bertz CT molecular complexity index is 888. The second-order valence-corrected chi connectivity index (χ2v) is 15.3. The molecule has 6 nitrogen and oxygen atoms in total. The van der Waals surface area contributed by atoms with E-state index in [2.05, 4.69) is 49.5 Å². The third-order valence-corrected chi connectivity index (χ3v) is 10.1. The predicted molar refractivity (Wildman–Crippen MR) is 136 cm³/mol. The maximum atomic E-state index is 12.3. The van der Waals surface area contributed by atoms with Gasteiger partial charge in [-0.05, 0) is 69.1 Å². The van der Waals surface area contributed by atoms with Crippen LogP contribution in [0.1, 0.15) is 48.0 Å². The number of carbonyl (C=O) groups excluding carboxylic acids is 1. The number of rotatable bonds is 8. The zero-order valence-corrected chi connectivity index (χ0v) is 21.8. The lowest BCUT2D eigenvalue weighted by molar-refractivity contribution is 0.0636. The second kappa shape index (κ2) is 10.5. The number of aromatic nitrogens is 1. The van der Waals surface area contributed by atoms with Crippen LogP contribution in [0.5, 0.6) is 0 Å². The molecule has 0 unspecified atom stereocenters. The normalized spacial score (nSPS) is 12.4. The minimum atomic E-state index is -1.75. The number of ether oxygens (including phenoxy) is 1. The molecule has 0 aliphatic heterocycles. The highest BCUT2D eigenvalue weighted by molar-refractivity contribution is 6.74. The van der Waals surface area contributed by atoms with Gasteiger partial charge < -0.3 is 14.5 Å². The summed E-state index contributed by atoms with van der Waals surface area (Å²) in [6.07, 6.45) is 3.97. The van der Waals surface area contributed by atoms with Crippen molar-refractivity contribution in [3.05, 3.63) is 42.7 Å². The van der Waals surface area contributed by atoms with Gasteiger partial charge in [-0.15, -0.1) is 0 Å². The first-order chi connectivity index (χ1) is 14.8. The van der Waals surface area contributed by atoms with E-state index in [0.29, 0.717) is 12.3 Å². The first-order valence-corrected chi connectivity index (χ1v) is 14.1. The summed E-state index contributed by atoms with van der Waals surface area (Å²) < 4.78 is 11.7. The van der Waals surface area contributed by atoms with Gasteiger partial charge in [0.05, 0.1) is 11.4 Å². The molecular weight excluding hydrogens is 418 g/mol. The van der Waals surface area contributed by atoms with Crippen molar-refractivity contribution in [3.8, 4) is 11.1 Å². The SMILES string of the molecule is CC(C)(C)OC(=O)Nc1ccc(-c2cccnc2)cc1NCCCO[Si](C)(C)C(C)(C)C. The molecule has 0 atom stereocenters. The van der Waals surface area contributed by atoms with E-state index in [-0.39, 0.29) is 5.04 Å². The number of benzene rings is 1. The van der Waals surface area contributed by atoms with Crippen LogP contribution in [-0.4, -0.2) is 38.1 Å². The molecule has 1 aromatic carbocycles. The molecule has 1 amide bonds. The predicted octanol–water partition coefficient (Wildman–Crippen LogP) is 6.92. The summed E-state index contributed by atoms with van der Waals surface area (Å²) >= 11 is 0. The van der Waals surface area contributed by atoms with Crippen LogP contribution in [-0.2, 0) is 9.16 Å². The minimum Gasteiger partial charge on any atom is -0.444 e. The number of hydrogen-bond donors (Lipinski definition) is 2. The van der Waals surface area contributed by atoms with E-state index in [1.807, 2.05) is 57.3 Å². The van der Waals surface area contributed by atoms with E-state index >= 15 is 0 Å². The van der Waals surface area contributed by atoms with Crippen molar-refractivity contribution in [2.45, 2.75) is 71.7 Å². The molecule has 0 bridgehead atoms. The highest BCUT2D eigenvalue weighted by atomic mass is 28.4. The molecule has 2 rings (SSSR count). The van der Waals surface area contributed by atoms with E-state index in [9.17, 15) is 4.79 Å². The van der Waals surface area contributed by atoms with Crippen LogP contribution >= 0.6 is 0 Å². The summed E-state index contributed by atoms with van der Waals surface area (Å²) in [4.78, 5) is 16.5. The monoisotopic (exact) mass is 457 g/mol. The number of amides is 1. The van der Waals surface area contributed by atoms with Gasteiger partial charge in [-0.25, -0.2) is 4.79 Å². The van der Waals surface area contributed by atoms with E-state index in [0.717, 1.165) is 29.8 Å². The van der Waals surface area contributed by atoms with Gasteiger partial charge in [0.25, 0.3) is 0 Å². The summed E-state index contributed by atoms with van der Waals surface area (Å²) in [6, 6.07) is 9.81. The van der Waals surface area contributed by atoms with E-state index in [1.165, 1.54) is 0 Å². The molecule has 0 fully saturated rings. The van der Waals surface area contributed by atoms with Crippen LogP contribution in [0.3, 0.4) is 0 Å². The lowest BCUT2D eigenvalue weighted by atomic mass is 10.1. The Morgan fingerprint density at radius 2 is 1.75 bits per heavy atom. The fourth-order valence-corrected chi connectivity index (χ4v) is 3.85. The van der Waals surface area contributed by atoms with Crippen LogP contribution in [0.2, 0.25) is 18.1 Å². The molecule has 0 saturated carbocycles. The molecule has 1 heterocycles. The van der Waals surface area contributed by atoms with Gasteiger partial charge in [0.2, 0.25) is 0 Å². The lowest BCUT2D eigenvalue weighted by Crippen LogP contribution is -2.41. The van der Waals surface area contributed by atoms with Gasteiger partial charge in [-0.1, -0.05) is 32.9 Å². The fraction of sp³-hybridized carbons (Fsp3) is 0.520. The molecule has 176 valence electrons. The van der Waals surface area contributed by atoms with Crippen molar-refractivity contribution < 1.29 is 14.0 Å². The number of hydrogen-bond acceptors (Lipinski definition) is 5. The Morgan fingerprint density at radius 3 is 2.34 bits per heavy atom. The van der Waals surface area contributed by atoms with Crippen molar-refractivity contribution in [2.24, 2.45) is 0 Å². The third kappa shape index (κ3) is 7.95. The molecule has 0 aliphatic carbocycles. The van der Waals surface area contributed by atoms with Gasteiger partial charge in [-0.2, -0.15) is 0 Å². The number of nitrogens with one attached hydrogen (secondary N) is 2. The molecule has 1 aromatic heterocycles. The average molecular weight is 458 g/mol. The van der Waals surface area contributed by atoms with Crippen molar-refractivity contribution in [1.29, 1.82) is 0 Å². The summed E-state index contributed by atoms with van der Waals surface area (Å²) in [7, 11) is -1.75. The van der Waals surface area contributed by atoms with Crippen molar-refractivity contribution in [2.75, 3.05) is 23.8 Å². The second-order valence-electron chi connectivity index (χ2n) is 10.5. The smallest absolute Gasteiger partial charge is 0.412 e. The number of anilines is 2. The van der Waals surface area contributed by atoms with Crippen molar-refractivity contribution in [3.63, 3.8) is 0 Å². The van der Waals surface area contributed by atoms with Gasteiger partial charge in [0.15, 0.2) is 8.32 Å². The Balaban J connectivity index is 2.10.